The highest BCUT2D eigenvalue weighted by atomic mass is 32.1. The van der Waals surface area contributed by atoms with E-state index in [1.807, 2.05) is 11.0 Å². The zero-order valence-electron chi connectivity index (χ0n) is 12.5. The average molecular weight is 307 g/mol. The lowest BCUT2D eigenvalue weighted by Crippen LogP contribution is -2.40. The molecule has 0 radical (unpaired) electrons. The molecule has 1 aromatic heterocycles. The van der Waals surface area contributed by atoms with Crippen LogP contribution in [0.1, 0.15) is 35.9 Å². The van der Waals surface area contributed by atoms with E-state index in [0.717, 1.165) is 30.7 Å². The maximum absolute atomic E-state index is 12.2. The lowest BCUT2D eigenvalue weighted by molar-refractivity contribution is -0.00499. The van der Waals surface area contributed by atoms with Gasteiger partial charge in [-0.3, -0.25) is 0 Å². The molecule has 1 N–H and O–H groups in total. The van der Waals surface area contributed by atoms with Crippen molar-refractivity contribution >= 4 is 17.4 Å². The topological polar surface area (TPSA) is 65.4 Å². The van der Waals surface area contributed by atoms with Crippen molar-refractivity contribution in [2.75, 3.05) is 20.2 Å². The minimum Gasteiger partial charge on any atom is -0.378 e. The summed E-state index contributed by atoms with van der Waals surface area (Å²) in [5.74, 6) is 0. The van der Waals surface area contributed by atoms with Crippen LogP contribution in [0.25, 0.3) is 0 Å². The Morgan fingerprint density at radius 1 is 1.52 bits per heavy atom. The average Bonchev–Trinajstić information content (AvgIpc) is 2.87. The number of hydrogen-bond acceptors (Lipinski definition) is 4. The largest absolute Gasteiger partial charge is 0.378 e. The monoisotopic (exact) mass is 307 g/mol. The molecule has 1 aliphatic heterocycles. The zero-order chi connectivity index (χ0) is 15.3. The van der Waals surface area contributed by atoms with Crippen LogP contribution >= 0.6 is 11.3 Å². The standard InChI is InChI=1S/C15H21N3O2S/c1-15(20-2)6-3-8-18(9-7-15)14(19)17-11-13-5-4-12(10-16)21-13/h4-5H,3,6-9,11H2,1-2H3,(H,17,19)/t15-/m1/s1. The van der Waals surface area contributed by atoms with Crippen LogP contribution in [0.4, 0.5) is 4.79 Å². The van der Waals surface area contributed by atoms with Crippen molar-refractivity contribution in [1.82, 2.24) is 10.2 Å². The Labute approximate surface area is 129 Å². The number of nitriles is 1. The molecule has 0 aromatic carbocycles. The number of thiophene rings is 1. The molecule has 0 unspecified atom stereocenters. The molecule has 1 fully saturated rings. The quantitative estimate of drug-likeness (QED) is 0.933. The van der Waals surface area contributed by atoms with Crippen molar-refractivity contribution in [2.45, 2.75) is 38.3 Å². The van der Waals surface area contributed by atoms with E-state index in [4.69, 9.17) is 10.00 Å². The van der Waals surface area contributed by atoms with Gasteiger partial charge in [-0.2, -0.15) is 5.26 Å². The molecule has 1 aromatic rings. The third kappa shape index (κ3) is 4.19. The summed E-state index contributed by atoms with van der Waals surface area (Å²) in [5.41, 5.74) is -0.121. The minimum atomic E-state index is -0.121. The third-order valence-electron chi connectivity index (χ3n) is 4.01. The summed E-state index contributed by atoms with van der Waals surface area (Å²) >= 11 is 1.41. The summed E-state index contributed by atoms with van der Waals surface area (Å²) in [7, 11) is 1.74. The van der Waals surface area contributed by atoms with Gasteiger partial charge < -0.3 is 15.0 Å². The second kappa shape index (κ2) is 6.92. The van der Waals surface area contributed by atoms with Crippen molar-refractivity contribution in [3.05, 3.63) is 21.9 Å². The molecule has 2 rings (SSSR count). The number of nitrogens with zero attached hydrogens (tertiary/aromatic N) is 2. The van der Waals surface area contributed by atoms with E-state index in [2.05, 4.69) is 18.3 Å². The van der Waals surface area contributed by atoms with Gasteiger partial charge in [0, 0.05) is 25.1 Å². The lowest BCUT2D eigenvalue weighted by atomic mass is 9.97. The first kappa shape index (κ1) is 15.8. The Morgan fingerprint density at radius 3 is 3.00 bits per heavy atom. The predicted octanol–water partition coefficient (Wildman–Crippen LogP) is 2.72. The molecular weight excluding hydrogens is 286 g/mol. The molecule has 0 aliphatic carbocycles. The third-order valence-corrected chi connectivity index (χ3v) is 5.00. The van der Waals surface area contributed by atoms with Gasteiger partial charge in [-0.1, -0.05) is 0 Å². The Kier molecular flexibility index (Phi) is 5.21. The summed E-state index contributed by atoms with van der Waals surface area (Å²) in [6, 6.07) is 5.73. The number of hydrogen-bond donors (Lipinski definition) is 1. The molecule has 1 aliphatic rings. The number of carbonyl (C=O) groups is 1. The predicted molar refractivity (Wildman–Crippen MR) is 82.1 cm³/mol. The van der Waals surface area contributed by atoms with E-state index in [9.17, 15) is 4.79 Å². The fourth-order valence-electron chi connectivity index (χ4n) is 2.47. The van der Waals surface area contributed by atoms with E-state index in [0.29, 0.717) is 18.0 Å². The number of methoxy groups -OCH3 is 1. The van der Waals surface area contributed by atoms with Crippen LogP contribution in [-0.2, 0) is 11.3 Å². The van der Waals surface area contributed by atoms with Crippen LogP contribution in [0.5, 0.6) is 0 Å². The molecule has 0 spiro atoms. The van der Waals surface area contributed by atoms with E-state index >= 15 is 0 Å². The highest BCUT2D eigenvalue weighted by Crippen LogP contribution is 2.25. The molecule has 1 saturated heterocycles. The summed E-state index contributed by atoms with van der Waals surface area (Å²) in [5, 5.41) is 11.7. The Balaban J connectivity index is 1.84. The van der Waals surface area contributed by atoms with Crippen LogP contribution in [0, 0.1) is 11.3 Å². The van der Waals surface area contributed by atoms with Crippen molar-refractivity contribution in [1.29, 1.82) is 5.26 Å². The number of nitrogens with one attached hydrogen (secondary N) is 1. The first-order valence-electron chi connectivity index (χ1n) is 7.13. The van der Waals surface area contributed by atoms with Crippen molar-refractivity contribution in [3.8, 4) is 6.07 Å². The number of ether oxygens (including phenoxy) is 1. The van der Waals surface area contributed by atoms with Crippen LogP contribution in [-0.4, -0.2) is 36.7 Å². The second-order valence-electron chi connectivity index (χ2n) is 5.53. The van der Waals surface area contributed by atoms with Gasteiger partial charge in [-0.05, 0) is 38.3 Å². The van der Waals surface area contributed by atoms with Gasteiger partial charge in [-0.25, -0.2) is 4.79 Å². The summed E-state index contributed by atoms with van der Waals surface area (Å²) in [6.07, 6.45) is 2.79. The minimum absolute atomic E-state index is 0.0396. The molecule has 5 nitrogen and oxygen atoms in total. The van der Waals surface area contributed by atoms with Crippen molar-refractivity contribution in [2.24, 2.45) is 0 Å². The fourth-order valence-corrected chi connectivity index (χ4v) is 3.21. The van der Waals surface area contributed by atoms with Gasteiger partial charge in [0.1, 0.15) is 10.9 Å². The maximum Gasteiger partial charge on any atom is 0.317 e. The Bertz CT molecular complexity index is 537. The number of urea groups is 1. The first-order chi connectivity index (χ1) is 10.1. The SMILES string of the molecule is CO[C@]1(C)CCCN(C(=O)NCc2ccc(C#N)s2)CC1. The molecule has 21 heavy (non-hydrogen) atoms. The van der Waals surface area contributed by atoms with E-state index in [1.54, 1.807) is 13.2 Å². The molecule has 0 saturated carbocycles. The molecule has 114 valence electrons. The van der Waals surface area contributed by atoms with Gasteiger partial charge >= 0.3 is 6.03 Å². The Hall–Kier alpha value is -1.58. The molecule has 1 atom stereocenters. The summed E-state index contributed by atoms with van der Waals surface area (Å²) in [6.45, 7) is 4.05. The van der Waals surface area contributed by atoms with Crippen molar-refractivity contribution in [3.63, 3.8) is 0 Å². The number of amides is 2. The summed E-state index contributed by atoms with van der Waals surface area (Å²) in [4.78, 5) is 15.7. The highest BCUT2D eigenvalue weighted by Gasteiger charge is 2.29. The second-order valence-corrected chi connectivity index (χ2v) is 6.70. The van der Waals surface area contributed by atoms with Crippen molar-refractivity contribution < 1.29 is 9.53 Å². The van der Waals surface area contributed by atoms with Gasteiger partial charge in [0.05, 0.1) is 12.1 Å². The van der Waals surface area contributed by atoms with Gasteiger partial charge in [0.2, 0.25) is 0 Å². The van der Waals surface area contributed by atoms with Crippen LogP contribution in [0.3, 0.4) is 0 Å². The molecule has 6 heteroatoms. The molecule has 2 amide bonds. The lowest BCUT2D eigenvalue weighted by Gasteiger charge is -2.26. The first-order valence-corrected chi connectivity index (χ1v) is 7.95. The number of rotatable bonds is 3. The number of likely N-dealkylation sites (tertiary alicyclic amines) is 1. The van der Waals surface area contributed by atoms with Gasteiger partial charge in [-0.15, -0.1) is 11.3 Å². The van der Waals surface area contributed by atoms with E-state index in [-0.39, 0.29) is 11.6 Å². The van der Waals surface area contributed by atoms with Crippen LogP contribution < -0.4 is 5.32 Å². The van der Waals surface area contributed by atoms with Gasteiger partial charge in [0.15, 0.2) is 0 Å². The highest BCUT2D eigenvalue weighted by molar-refractivity contribution is 7.12. The molecule has 0 bridgehead atoms. The molecular formula is C15H21N3O2S. The number of carbonyl (C=O) groups excluding carboxylic acids is 1. The summed E-state index contributed by atoms with van der Waals surface area (Å²) < 4.78 is 5.54. The van der Waals surface area contributed by atoms with E-state index < -0.39 is 0 Å². The maximum atomic E-state index is 12.2. The van der Waals surface area contributed by atoms with Crippen LogP contribution in [0.2, 0.25) is 0 Å². The van der Waals surface area contributed by atoms with E-state index in [1.165, 1.54) is 11.3 Å². The molecule has 2 heterocycles. The fraction of sp³-hybridized carbons (Fsp3) is 0.600. The van der Waals surface area contributed by atoms with Crippen LogP contribution in [0.15, 0.2) is 12.1 Å². The smallest absolute Gasteiger partial charge is 0.317 e. The zero-order valence-corrected chi connectivity index (χ0v) is 13.3. The normalized spacial score (nSPS) is 22.4. The van der Waals surface area contributed by atoms with Gasteiger partial charge in [0.25, 0.3) is 0 Å². The Morgan fingerprint density at radius 2 is 2.33 bits per heavy atom.